The Kier molecular flexibility index (Phi) is 5.13. The van der Waals surface area contributed by atoms with Gasteiger partial charge >= 0.3 is 0 Å². The quantitative estimate of drug-likeness (QED) is 0.887. The molecular formula is C15H17ClNO4S-. The fourth-order valence-electron chi connectivity index (χ4n) is 2.73. The Labute approximate surface area is 135 Å². The lowest BCUT2D eigenvalue weighted by Crippen LogP contribution is -2.40. The topological polar surface area (TPSA) is 86.3 Å². The van der Waals surface area contributed by atoms with Crippen LogP contribution in [0.25, 0.3) is 0 Å². The molecule has 120 valence electrons. The van der Waals surface area contributed by atoms with Gasteiger partial charge in [0.25, 0.3) is 0 Å². The van der Waals surface area contributed by atoms with E-state index < -0.39 is 21.2 Å². The SMILES string of the molecule is CCC1=C(C(=O)[O-])C(S(=O)(=O)Nc2ccccc2Cl)CCC1. The summed E-state index contributed by atoms with van der Waals surface area (Å²) in [6.07, 6.45) is 1.99. The second kappa shape index (κ2) is 6.71. The van der Waals surface area contributed by atoms with Gasteiger partial charge in [-0.25, -0.2) is 8.42 Å². The van der Waals surface area contributed by atoms with Crippen molar-refractivity contribution in [1.82, 2.24) is 0 Å². The van der Waals surface area contributed by atoms with Gasteiger partial charge in [-0.1, -0.05) is 36.2 Å². The maximum Gasteiger partial charge on any atom is 0.239 e. The number of nitrogens with one attached hydrogen (secondary N) is 1. The Hall–Kier alpha value is -1.53. The van der Waals surface area contributed by atoms with Crippen LogP contribution in [0.3, 0.4) is 0 Å². The van der Waals surface area contributed by atoms with E-state index in [-0.39, 0.29) is 22.7 Å². The number of hydrogen-bond donors (Lipinski definition) is 1. The van der Waals surface area contributed by atoms with Crippen LogP contribution in [0.4, 0.5) is 5.69 Å². The van der Waals surface area contributed by atoms with Crippen molar-refractivity contribution in [3.05, 3.63) is 40.4 Å². The molecule has 1 atom stereocenters. The fourth-order valence-corrected chi connectivity index (χ4v) is 4.65. The van der Waals surface area contributed by atoms with Gasteiger partial charge in [0, 0.05) is 0 Å². The standard InChI is InChI=1S/C15H18ClNO4S/c1-2-10-6-5-9-13(14(10)15(18)19)22(20,21)17-12-8-4-3-7-11(12)16/h3-4,7-8,13,17H,2,5-6,9H2,1H3,(H,18,19)/p-1. The number of para-hydroxylation sites is 1. The van der Waals surface area contributed by atoms with Crippen molar-refractivity contribution in [2.75, 3.05) is 4.72 Å². The Bertz CT molecular complexity index is 712. The molecule has 0 amide bonds. The predicted octanol–water partition coefficient (Wildman–Crippen LogP) is 2.09. The highest BCUT2D eigenvalue weighted by molar-refractivity contribution is 7.93. The van der Waals surface area contributed by atoms with E-state index in [0.29, 0.717) is 24.8 Å². The van der Waals surface area contributed by atoms with Crippen molar-refractivity contribution in [1.29, 1.82) is 0 Å². The van der Waals surface area contributed by atoms with Gasteiger partial charge in [0.15, 0.2) is 0 Å². The normalized spacial score (nSPS) is 19.1. The van der Waals surface area contributed by atoms with Gasteiger partial charge in [-0.2, -0.15) is 0 Å². The van der Waals surface area contributed by atoms with Crippen LogP contribution in [0.5, 0.6) is 0 Å². The van der Waals surface area contributed by atoms with Gasteiger partial charge in [-0.15, -0.1) is 0 Å². The van der Waals surface area contributed by atoms with Crippen molar-refractivity contribution in [2.24, 2.45) is 0 Å². The molecule has 1 aromatic carbocycles. The third-order valence-corrected chi connectivity index (χ3v) is 5.85. The van der Waals surface area contributed by atoms with E-state index in [0.717, 1.165) is 0 Å². The molecule has 0 saturated heterocycles. The first kappa shape index (κ1) is 16.8. The molecule has 1 aliphatic rings. The summed E-state index contributed by atoms with van der Waals surface area (Å²) >= 11 is 5.96. The first-order chi connectivity index (χ1) is 10.4. The molecule has 0 aromatic heterocycles. The monoisotopic (exact) mass is 342 g/mol. The molecule has 0 bridgehead atoms. The van der Waals surface area contributed by atoms with E-state index in [1.807, 2.05) is 6.92 Å². The summed E-state index contributed by atoms with van der Waals surface area (Å²) in [5.41, 5.74) is 0.777. The van der Waals surface area contributed by atoms with Crippen LogP contribution in [0.15, 0.2) is 35.4 Å². The lowest BCUT2D eigenvalue weighted by molar-refractivity contribution is -0.299. The Morgan fingerprint density at radius 3 is 2.68 bits per heavy atom. The summed E-state index contributed by atoms with van der Waals surface area (Å²) in [5, 5.41) is 10.6. The molecule has 0 radical (unpaired) electrons. The second-order valence-electron chi connectivity index (χ2n) is 5.17. The summed E-state index contributed by atoms with van der Waals surface area (Å²) in [5.74, 6) is -1.41. The van der Waals surface area contributed by atoms with Crippen molar-refractivity contribution in [2.45, 2.75) is 37.9 Å². The highest BCUT2D eigenvalue weighted by atomic mass is 35.5. The number of carboxylic acids is 1. The molecule has 0 heterocycles. The number of benzene rings is 1. The molecule has 1 aliphatic carbocycles. The molecule has 1 unspecified atom stereocenters. The first-order valence-corrected chi connectivity index (χ1v) is 8.98. The Balaban J connectivity index is 2.40. The lowest BCUT2D eigenvalue weighted by atomic mass is 9.90. The summed E-state index contributed by atoms with van der Waals surface area (Å²) in [7, 11) is -3.91. The number of carbonyl (C=O) groups excluding carboxylic acids is 1. The number of carbonyl (C=O) groups is 1. The summed E-state index contributed by atoms with van der Waals surface area (Å²) in [6, 6.07) is 6.43. The van der Waals surface area contributed by atoms with Crippen molar-refractivity contribution in [3.63, 3.8) is 0 Å². The molecule has 0 saturated carbocycles. The molecule has 0 aliphatic heterocycles. The van der Waals surface area contributed by atoms with Gasteiger partial charge < -0.3 is 9.90 Å². The van der Waals surface area contributed by atoms with Crippen LogP contribution in [0.2, 0.25) is 5.02 Å². The van der Waals surface area contributed by atoms with Gasteiger partial charge in [0.05, 0.1) is 16.7 Å². The number of carboxylic acid groups (broad SMARTS) is 1. The van der Waals surface area contributed by atoms with E-state index >= 15 is 0 Å². The van der Waals surface area contributed by atoms with Crippen LogP contribution in [0, 0.1) is 0 Å². The van der Waals surface area contributed by atoms with Crippen LogP contribution >= 0.6 is 11.6 Å². The number of halogens is 1. The Morgan fingerprint density at radius 2 is 2.09 bits per heavy atom. The maximum absolute atomic E-state index is 12.6. The lowest BCUT2D eigenvalue weighted by Gasteiger charge is -2.29. The highest BCUT2D eigenvalue weighted by Gasteiger charge is 2.34. The van der Waals surface area contributed by atoms with Gasteiger partial charge in [0.2, 0.25) is 10.0 Å². The third-order valence-electron chi connectivity index (χ3n) is 3.80. The summed E-state index contributed by atoms with van der Waals surface area (Å²) < 4.78 is 27.6. The van der Waals surface area contributed by atoms with Crippen LogP contribution in [0.1, 0.15) is 32.6 Å². The number of aliphatic carboxylic acids is 1. The zero-order chi connectivity index (χ0) is 16.3. The average Bonchev–Trinajstić information content (AvgIpc) is 2.48. The van der Waals surface area contributed by atoms with E-state index in [9.17, 15) is 18.3 Å². The van der Waals surface area contributed by atoms with E-state index in [2.05, 4.69) is 4.72 Å². The number of allylic oxidation sites excluding steroid dienone is 1. The van der Waals surface area contributed by atoms with Crippen molar-refractivity contribution < 1.29 is 18.3 Å². The zero-order valence-electron chi connectivity index (χ0n) is 12.1. The molecular weight excluding hydrogens is 326 g/mol. The molecule has 7 heteroatoms. The molecule has 1 aromatic rings. The third kappa shape index (κ3) is 3.44. The van der Waals surface area contributed by atoms with Gasteiger partial charge in [-0.05, 0) is 43.4 Å². The highest BCUT2D eigenvalue weighted by Crippen LogP contribution is 2.33. The van der Waals surface area contributed by atoms with E-state index in [4.69, 9.17) is 11.6 Å². The minimum atomic E-state index is -3.91. The van der Waals surface area contributed by atoms with Crippen LogP contribution in [-0.4, -0.2) is 19.6 Å². The molecule has 1 N–H and O–H groups in total. The van der Waals surface area contributed by atoms with E-state index in [1.54, 1.807) is 18.2 Å². The van der Waals surface area contributed by atoms with E-state index in [1.165, 1.54) is 6.07 Å². The second-order valence-corrected chi connectivity index (χ2v) is 7.44. The Morgan fingerprint density at radius 1 is 1.41 bits per heavy atom. The summed E-state index contributed by atoms with van der Waals surface area (Å²) in [6.45, 7) is 1.81. The molecule has 0 fully saturated rings. The smallest absolute Gasteiger partial charge is 0.239 e. The summed E-state index contributed by atoms with van der Waals surface area (Å²) in [4.78, 5) is 11.4. The van der Waals surface area contributed by atoms with Gasteiger partial charge in [-0.3, -0.25) is 4.72 Å². The minimum absolute atomic E-state index is 0.103. The zero-order valence-corrected chi connectivity index (χ0v) is 13.7. The molecule has 0 spiro atoms. The van der Waals surface area contributed by atoms with Crippen molar-refractivity contribution in [3.8, 4) is 0 Å². The molecule has 22 heavy (non-hydrogen) atoms. The number of rotatable bonds is 5. The van der Waals surface area contributed by atoms with Crippen molar-refractivity contribution >= 4 is 33.3 Å². The number of anilines is 1. The minimum Gasteiger partial charge on any atom is -0.545 e. The molecule has 2 rings (SSSR count). The maximum atomic E-state index is 12.6. The number of sulfonamides is 1. The predicted molar refractivity (Wildman–Crippen MR) is 84.0 cm³/mol. The van der Waals surface area contributed by atoms with Crippen LogP contribution < -0.4 is 9.83 Å². The largest absolute Gasteiger partial charge is 0.545 e. The fraction of sp³-hybridized carbons (Fsp3) is 0.400. The average molecular weight is 343 g/mol. The van der Waals surface area contributed by atoms with Gasteiger partial charge in [0.1, 0.15) is 5.25 Å². The number of hydrogen-bond acceptors (Lipinski definition) is 4. The first-order valence-electron chi connectivity index (χ1n) is 7.06. The molecule has 5 nitrogen and oxygen atoms in total. The van der Waals surface area contributed by atoms with Crippen LogP contribution in [-0.2, 0) is 14.8 Å².